The fourth-order valence-corrected chi connectivity index (χ4v) is 3.49. The minimum atomic E-state index is -0.412. The molecular weight excluding hydrogens is 262 g/mol. The van der Waals surface area contributed by atoms with Gasteiger partial charge in [0.2, 0.25) is 0 Å². The van der Waals surface area contributed by atoms with Gasteiger partial charge < -0.3 is 9.84 Å². The summed E-state index contributed by atoms with van der Waals surface area (Å²) in [6.45, 7) is 7.39. The zero-order chi connectivity index (χ0) is 15.2. The van der Waals surface area contributed by atoms with Crippen LogP contribution in [0.1, 0.15) is 38.4 Å². The SMILES string of the molecule is COCC1CCN(C(C(C)C)C(O)c2ccccc2)CC1. The molecule has 1 saturated heterocycles. The first-order valence-electron chi connectivity index (χ1n) is 8.09. The topological polar surface area (TPSA) is 32.7 Å². The van der Waals surface area contributed by atoms with Gasteiger partial charge in [0.1, 0.15) is 0 Å². The van der Waals surface area contributed by atoms with E-state index in [4.69, 9.17) is 4.74 Å². The van der Waals surface area contributed by atoms with E-state index in [1.54, 1.807) is 7.11 Å². The van der Waals surface area contributed by atoms with E-state index < -0.39 is 6.10 Å². The third-order valence-corrected chi connectivity index (χ3v) is 4.62. The summed E-state index contributed by atoms with van der Waals surface area (Å²) >= 11 is 0. The molecule has 1 N–H and O–H groups in total. The Morgan fingerprint density at radius 3 is 2.33 bits per heavy atom. The molecule has 1 heterocycles. The lowest BCUT2D eigenvalue weighted by Gasteiger charge is -2.41. The molecule has 3 heteroatoms. The molecule has 2 unspecified atom stereocenters. The molecule has 0 aromatic heterocycles. The van der Waals surface area contributed by atoms with Gasteiger partial charge >= 0.3 is 0 Å². The summed E-state index contributed by atoms with van der Waals surface area (Å²) < 4.78 is 5.27. The fourth-order valence-electron chi connectivity index (χ4n) is 3.49. The number of hydrogen-bond donors (Lipinski definition) is 1. The quantitative estimate of drug-likeness (QED) is 0.874. The molecule has 0 amide bonds. The van der Waals surface area contributed by atoms with Crippen LogP contribution in [-0.4, -0.2) is 42.9 Å². The van der Waals surface area contributed by atoms with Crippen molar-refractivity contribution < 1.29 is 9.84 Å². The van der Waals surface area contributed by atoms with Gasteiger partial charge in [0.15, 0.2) is 0 Å². The molecule has 0 radical (unpaired) electrons. The third-order valence-electron chi connectivity index (χ3n) is 4.62. The van der Waals surface area contributed by atoms with E-state index in [0.717, 1.165) is 25.3 Å². The molecule has 1 aromatic rings. The first-order valence-corrected chi connectivity index (χ1v) is 8.09. The summed E-state index contributed by atoms with van der Waals surface area (Å²) in [4.78, 5) is 2.47. The molecule has 0 spiro atoms. The van der Waals surface area contributed by atoms with E-state index >= 15 is 0 Å². The van der Waals surface area contributed by atoms with E-state index in [1.807, 2.05) is 30.3 Å². The number of rotatable bonds is 6. The maximum Gasteiger partial charge on any atom is 0.0947 e. The molecule has 1 aromatic carbocycles. The van der Waals surface area contributed by atoms with Crippen LogP contribution < -0.4 is 0 Å². The number of ether oxygens (including phenoxy) is 1. The Balaban J connectivity index is 2.03. The number of likely N-dealkylation sites (tertiary alicyclic amines) is 1. The molecular formula is C18H29NO2. The van der Waals surface area contributed by atoms with E-state index in [9.17, 15) is 5.11 Å². The van der Waals surface area contributed by atoms with E-state index in [2.05, 4.69) is 18.7 Å². The van der Waals surface area contributed by atoms with Crippen LogP contribution in [0.4, 0.5) is 0 Å². The zero-order valence-electron chi connectivity index (χ0n) is 13.5. The summed E-state index contributed by atoms with van der Waals surface area (Å²) in [5.41, 5.74) is 1.02. The maximum absolute atomic E-state index is 10.8. The summed E-state index contributed by atoms with van der Waals surface area (Å²) in [5.74, 6) is 1.10. The molecule has 3 nitrogen and oxygen atoms in total. The Labute approximate surface area is 128 Å². The molecule has 118 valence electrons. The van der Waals surface area contributed by atoms with Gasteiger partial charge in [-0.05, 0) is 43.3 Å². The Bertz CT molecular complexity index is 399. The highest BCUT2D eigenvalue weighted by Crippen LogP contribution is 2.30. The highest BCUT2D eigenvalue weighted by Gasteiger charge is 2.32. The molecule has 0 bridgehead atoms. The Kier molecular flexibility index (Phi) is 6.22. The average Bonchev–Trinajstić information content (AvgIpc) is 2.50. The number of aliphatic hydroxyl groups excluding tert-OH is 1. The third kappa shape index (κ3) is 4.29. The second kappa shape index (κ2) is 7.92. The van der Waals surface area contributed by atoms with Crippen molar-refractivity contribution in [2.24, 2.45) is 11.8 Å². The minimum absolute atomic E-state index is 0.191. The van der Waals surface area contributed by atoms with Gasteiger partial charge in [0, 0.05) is 19.8 Å². The van der Waals surface area contributed by atoms with Crippen molar-refractivity contribution in [3.05, 3.63) is 35.9 Å². The van der Waals surface area contributed by atoms with Gasteiger partial charge in [0.05, 0.1) is 6.10 Å². The van der Waals surface area contributed by atoms with E-state index in [1.165, 1.54) is 12.8 Å². The first-order chi connectivity index (χ1) is 10.1. The number of piperidine rings is 1. The van der Waals surface area contributed by atoms with Crippen LogP contribution >= 0.6 is 0 Å². The molecule has 2 atom stereocenters. The summed E-state index contributed by atoms with van der Waals surface area (Å²) in [5, 5.41) is 10.8. The van der Waals surface area contributed by atoms with Crippen molar-refractivity contribution in [3.63, 3.8) is 0 Å². The predicted octanol–water partition coefficient (Wildman–Crippen LogP) is 3.10. The van der Waals surface area contributed by atoms with Crippen LogP contribution in [0.5, 0.6) is 0 Å². The molecule has 1 aliphatic heterocycles. The van der Waals surface area contributed by atoms with Gasteiger partial charge in [-0.25, -0.2) is 0 Å². The standard InChI is InChI=1S/C18H29NO2/c1-14(2)17(18(20)16-7-5-4-6-8-16)19-11-9-15(10-12-19)13-21-3/h4-8,14-15,17-18,20H,9-13H2,1-3H3. The van der Waals surface area contributed by atoms with Gasteiger partial charge in [-0.15, -0.1) is 0 Å². The summed E-state index contributed by atoms with van der Waals surface area (Å²) in [7, 11) is 1.78. The van der Waals surface area contributed by atoms with E-state index in [-0.39, 0.29) is 6.04 Å². The van der Waals surface area contributed by atoms with Crippen molar-refractivity contribution in [1.82, 2.24) is 4.90 Å². The van der Waals surface area contributed by atoms with Crippen LogP contribution in [-0.2, 0) is 4.74 Å². The molecule has 1 fully saturated rings. The molecule has 21 heavy (non-hydrogen) atoms. The van der Waals surface area contributed by atoms with Crippen molar-refractivity contribution >= 4 is 0 Å². The van der Waals surface area contributed by atoms with Crippen LogP contribution in [0.3, 0.4) is 0 Å². The van der Waals surface area contributed by atoms with Crippen LogP contribution in [0.2, 0.25) is 0 Å². The molecule has 0 aliphatic carbocycles. The highest BCUT2D eigenvalue weighted by atomic mass is 16.5. The van der Waals surface area contributed by atoms with Crippen molar-refractivity contribution in [2.45, 2.75) is 38.8 Å². The summed E-state index contributed by atoms with van der Waals surface area (Å²) in [6.07, 6.45) is 1.92. The number of hydrogen-bond acceptors (Lipinski definition) is 3. The smallest absolute Gasteiger partial charge is 0.0947 e. The number of benzene rings is 1. The number of methoxy groups -OCH3 is 1. The van der Waals surface area contributed by atoms with Crippen LogP contribution in [0.15, 0.2) is 30.3 Å². The normalized spacial score (nSPS) is 20.6. The fraction of sp³-hybridized carbons (Fsp3) is 0.667. The van der Waals surface area contributed by atoms with Crippen LogP contribution in [0, 0.1) is 11.8 Å². The lowest BCUT2D eigenvalue weighted by atomic mass is 9.88. The molecule has 2 rings (SSSR count). The van der Waals surface area contributed by atoms with Gasteiger partial charge in [-0.3, -0.25) is 4.90 Å². The van der Waals surface area contributed by atoms with Crippen molar-refractivity contribution in [1.29, 1.82) is 0 Å². The molecule has 0 saturated carbocycles. The highest BCUT2D eigenvalue weighted by molar-refractivity contribution is 5.19. The number of aliphatic hydroxyl groups is 1. The zero-order valence-corrected chi connectivity index (χ0v) is 13.5. The monoisotopic (exact) mass is 291 g/mol. The lowest BCUT2D eigenvalue weighted by Crippen LogP contribution is -2.47. The van der Waals surface area contributed by atoms with Gasteiger partial charge in [0.25, 0.3) is 0 Å². The predicted molar refractivity (Wildman–Crippen MR) is 86.2 cm³/mol. The van der Waals surface area contributed by atoms with Crippen molar-refractivity contribution in [2.75, 3.05) is 26.8 Å². The van der Waals surface area contributed by atoms with E-state index in [0.29, 0.717) is 11.8 Å². The largest absolute Gasteiger partial charge is 0.387 e. The van der Waals surface area contributed by atoms with Crippen LogP contribution in [0.25, 0.3) is 0 Å². The number of nitrogens with zero attached hydrogens (tertiary/aromatic N) is 1. The minimum Gasteiger partial charge on any atom is -0.387 e. The van der Waals surface area contributed by atoms with Crippen molar-refractivity contribution in [3.8, 4) is 0 Å². The lowest BCUT2D eigenvalue weighted by molar-refractivity contribution is -0.00323. The second-order valence-electron chi connectivity index (χ2n) is 6.52. The summed E-state index contributed by atoms with van der Waals surface area (Å²) in [6, 6.07) is 10.2. The van der Waals surface area contributed by atoms with Gasteiger partial charge in [-0.1, -0.05) is 44.2 Å². The Hall–Kier alpha value is -0.900. The maximum atomic E-state index is 10.8. The van der Waals surface area contributed by atoms with Gasteiger partial charge in [-0.2, -0.15) is 0 Å². The molecule has 1 aliphatic rings. The Morgan fingerprint density at radius 2 is 1.81 bits per heavy atom. The Morgan fingerprint density at radius 1 is 1.19 bits per heavy atom. The second-order valence-corrected chi connectivity index (χ2v) is 6.52. The first kappa shape index (κ1) is 16.5. The average molecular weight is 291 g/mol.